The summed E-state index contributed by atoms with van der Waals surface area (Å²) in [7, 11) is 1.49. The van der Waals surface area contributed by atoms with E-state index in [1.54, 1.807) is 0 Å². The van der Waals surface area contributed by atoms with Gasteiger partial charge in [-0.3, -0.25) is 0 Å². The summed E-state index contributed by atoms with van der Waals surface area (Å²) in [5.74, 6) is 0.0746. The van der Waals surface area contributed by atoms with Gasteiger partial charge in [-0.1, -0.05) is 0 Å². The van der Waals surface area contributed by atoms with E-state index in [1.165, 1.54) is 24.5 Å². The van der Waals surface area contributed by atoms with E-state index in [4.69, 9.17) is 4.74 Å². The number of thiophene rings is 1. The number of aryl methyl sites for hydroxylation is 1. The maximum atomic E-state index is 13.3. The molecule has 0 amide bonds. The highest BCUT2D eigenvalue weighted by molar-refractivity contribution is 7.17. The molecule has 0 bridgehead atoms. The van der Waals surface area contributed by atoms with Crippen LogP contribution in [0.15, 0.2) is 17.5 Å². The van der Waals surface area contributed by atoms with E-state index in [-0.39, 0.29) is 5.82 Å². The highest BCUT2D eigenvalue weighted by atomic mass is 32.1. The molecule has 0 N–H and O–H groups in total. The van der Waals surface area contributed by atoms with E-state index in [1.807, 2.05) is 18.4 Å². The first kappa shape index (κ1) is 8.51. The van der Waals surface area contributed by atoms with Gasteiger partial charge < -0.3 is 4.74 Å². The Kier molecular flexibility index (Phi) is 1.96. The minimum Gasteiger partial charge on any atom is -0.492 e. The predicted molar refractivity (Wildman–Crippen MR) is 53.1 cm³/mol. The van der Waals surface area contributed by atoms with Crippen molar-refractivity contribution in [1.82, 2.24) is 0 Å². The van der Waals surface area contributed by atoms with Crippen LogP contribution in [0.25, 0.3) is 10.1 Å². The summed E-state index contributed by atoms with van der Waals surface area (Å²) < 4.78 is 19.2. The first-order chi connectivity index (χ1) is 6.24. The number of halogens is 1. The lowest BCUT2D eigenvalue weighted by Gasteiger charge is -2.04. The lowest BCUT2D eigenvalue weighted by atomic mass is 10.1. The fourth-order valence-electron chi connectivity index (χ4n) is 1.43. The molecule has 0 unspecified atom stereocenters. The van der Waals surface area contributed by atoms with E-state index in [0.29, 0.717) is 5.75 Å². The highest BCUT2D eigenvalue weighted by Gasteiger charge is 2.11. The van der Waals surface area contributed by atoms with Crippen molar-refractivity contribution in [2.75, 3.05) is 7.11 Å². The van der Waals surface area contributed by atoms with E-state index >= 15 is 0 Å². The fourth-order valence-corrected chi connectivity index (χ4v) is 2.41. The second-order valence-electron chi connectivity index (χ2n) is 2.87. The molecular weight excluding hydrogens is 187 g/mol. The minimum absolute atomic E-state index is 0.282. The Bertz CT molecular complexity index is 447. The molecule has 0 radical (unpaired) electrons. The maximum absolute atomic E-state index is 13.3. The average Bonchev–Trinajstić information content (AvgIpc) is 2.53. The van der Waals surface area contributed by atoms with Crippen LogP contribution in [0.5, 0.6) is 5.75 Å². The van der Waals surface area contributed by atoms with Gasteiger partial charge in [0.1, 0.15) is 0 Å². The summed E-state index contributed by atoms with van der Waals surface area (Å²) in [6, 6.07) is 3.49. The van der Waals surface area contributed by atoms with Crippen molar-refractivity contribution in [3.8, 4) is 5.75 Å². The molecule has 0 atom stereocenters. The van der Waals surface area contributed by atoms with Crippen LogP contribution in [0.2, 0.25) is 0 Å². The van der Waals surface area contributed by atoms with Crippen LogP contribution in [0, 0.1) is 12.7 Å². The third kappa shape index (κ3) is 1.20. The van der Waals surface area contributed by atoms with Crippen molar-refractivity contribution >= 4 is 21.4 Å². The van der Waals surface area contributed by atoms with Gasteiger partial charge >= 0.3 is 0 Å². The standard InChI is InChI=1S/C10H9FOS/c1-6-5-8(11)9(12-2)10-7(6)3-4-13-10/h3-5H,1-2H3. The molecule has 68 valence electrons. The number of fused-ring (bicyclic) bond motifs is 1. The van der Waals surface area contributed by atoms with Crippen molar-refractivity contribution < 1.29 is 9.13 Å². The Morgan fingerprint density at radius 3 is 2.92 bits per heavy atom. The topological polar surface area (TPSA) is 9.23 Å². The van der Waals surface area contributed by atoms with Crippen molar-refractivity contribution in [3.05, 3.63) is 28.9 Å². The third-order valence-electron chi connectivity index (χ3n) is 2.06. The third-order valence-corrected chi connectivity index (χ3v) is 2.97. The molecule has 1 nitrogen and oxygen atoms in total. The van der Waals surface area contributed by atoms with Crippen LogP contribution in [0.3, 0.4) is 0 Å². The Hall–Kier alpha value is -1.09. The highest BCUT2D eigenvalue weighted by Crippen LogP contribution is 2.34. The molecule has 0 aliphatic carbocycles. The van der Waals surface area contributed by atoms with E-state index in [2.05, 4.69) is 0 Å². The van der Waals surface area contributed by atoms with Crippen molar-refractivity contribution in [2.24, 2.45) is 0 Å². The Balaban J connectivity index is 2.88. The van der Waals surface area contributed by atoms with Crippen LogP contribution < -0.4 is 4.74 Å². The van der Waals surface area contributed by atoms with Gasteiger partial charge in [-0.25, -0.2) is 4.39 Å². The van der Waals surface area contributed by atoms with Gasteiger partial charge in [-0.15, -0.1) is 11.3 Å². The first-order valence-electron chi connectivity index (χ1n) is 3.94. The van der Waals surface area contributed by atoms with E-state index in [9.17, 15) is 4.39 Å². The zero-order valence-corrected chi connectivity index (χ0v) is 8.24. The summed E-state index contributed by atoms with van der Waals surface area (Å²) in [6.07, 6.45) is 0. The van der Waals surface area contributed by atoms with E-state index in [0.717, 1.165) is 15.6 Å². The van der Waals surface area contributed by atoms with Crippen molar-refractivity contribution in [1.29, 1.82) is 0 Å². The molecule has 13 heavy (non-hydrogen) atoms. The molecule has 0 spiro atoms. The molecule has 0 saturated carbocycles. The molecule has 1 aromatic carbocycles. The monoisotopic (exact) mass is 196 g/mol. The van der Waals surface area contributed by atoms with Gasteiger partial charge in [-0.2, -0.15) is 0 Å². The van der Waals surface area contributed by atoms with Crippen LogP contribution >= 0.6 is 11.3 Å². The maximum Gasteiger partial charge on any atom is 0.172 e. The normalized spacial score (nSPS) is 10.7. The largest absolute Gasteiger partial charge is 0.492 e. The van der Waals surface area contributed by atoms with Gasteiger partial charge in [0.2, 0.25) is 0 Å². The quantitative estimate of drug-likeness (QED) is 0.679. The molecule has 1 aromatic heterocycles. The molecule has 2 aromatic rings. The molecule has 0 aliphatic heterocycles. The van der Waals surface area contributed by atoms with Gasteiger partial charge in [0.25, 0.3) is 0 Å². The number of benzene rings is 1. The smallest absolute Gasteiger partial charge is 0.172 e. The summed E-state index contributed by atoms with van der Waals surface area (Å²) in [5.41, 5.74) is 0.953. The van der Waals surface area contributed by atoms with Gasteiger partial charge in [0, 0.05) is 0 Å². The molecule has 3 heteroatoms. The van der Waals surface area contributed by atoms with Gasteiger partial charge in [0.05, 0.1) is 11.8 Å². The second kappa shape index (κ2) is 3.00. The Morgan fingerprint density at radius 1 is 1.46 bits per heavy atom. The van der Waals surface area contributed by atoms with Crippen LogP contribution in [-0.4, -0.2) is 7.11 Å². The Labute approximate surface area is 79.8 Å². The van der Waals surface area contributed by atoms with Crippen LogP contribution in [-0.2, 0) is 0 Å². The number of methoxy groups -OCH3 is 1. The van der Waals surface area contributed by atoms with Crippen molar-refractivity contribution in [3.63, 3.8) is 0 Å². The number of rotatable bonds is 1. The summed E-state index contributed by atoms with van der Waals surface area (Å²) in [5, 5.41) is 3.02. The molecule has 0 fully saturated rings. The second-order valence-corrected chi connectivity index (χ2v) is 3.79. The molecule has 1 heterocycles. The molecule has 0 aliphatic rings. The lowest BCUT2D eigenvalue weighted by molar-refractivity contribution is 0.392. The van der Waals surface area contributed by atoms with Crippen molar-refractivity contribution in [2.45, 2.75) is 6.92 Å². The zero-order valence-electron chi connectivity index (χ0n) is 7.43. The summed E-state index contributed by atoms with van der Waals surface area (Å²) in [6.45, 7) is 1.90. The SMILES string of the molecule is COc1c(F)cc(C)c2ccsc12. The lowest BCUT2D eigenvalue weighted by Crippen LogP contribution is -1.89. The number of hydrogen-bond acceptors (Lipinski definition) is 2. The average molecular weight is 196 g/mol. The Morgan fingerprint density at radius 2 is 2.23 bits per heavy atom. The van der Waals surface area contributed by atoms with E-state index < -0.39 is 0 Å². The zero-order chi connectivity index (χ0) is 9.42. The molecule has 2 rings (SSSR count). The van der Waals surface area contributed by atoms with Crippen LogP contribution in [0.1, 0.15) is 5.56 Å². The summed E-state index contributed by atoms with van der Waals surface area (Å²) >= 11 is 1.50. The molecule has 0 saturated heterocycles. The summed E-state index contributed by atoms with van der Waals surface area (Å²) in [4.78, 5) is 0. The van der Waals surface area contributed by atoms with Gasteiger partial charge in [0.15, 0.2) is 11.6 Å². The number of ether oxygens (including phenoxy) is 1. The molecular formula is C10H9FOS. The van der Waals surface area contributed by atoms with Crippen LogP contribution in [0.4, 0.5) is 4.39 Å². The first-order valence-corrected chi connectivity index (χ1v) is 4.82. The predicted octanol–water partition coefficient (Wildman–Crippen LogP) is 3.36. The number of hydrogen-bond donors (Lipinski definition) is 0. The van der Waals surface area contributed by atoms with Gasteiger partial charge in [-0.05, 0) is 35.4 Å². The minimum atomic E-state index is -0.282. The fraction of sp³-hybridized carbons (Fsp3) is 0.200.